The van der Waals surface area contributed by atoms with Crippen molar-refractivity contribution in [3.8, 4) is 5.75 Å². The van der Waals surface area contributed by atoms with Crippen molar-refractivity contribution in [1.82, 2.24) is 10.3 Å². The van der Waals surface area contributed by atoms with E-state index < -0.39 is 0 Å². The highest BCUT2D eigenvalue weighted by Gasteiger charge is 2.18. The molecule has 0 spiro atoms. The van der Waals surface area contributed by atoms with Crippen LogP contribution in [0.15, 0.2) is 36.5 Å². The van der Waals surface area contributed by atoms with Gasteiger partial charge in [-0.05, 0) is 37.4 Å². The van der Waals surface area contributed by atoms with Gasteiger partial charge in [0, 0.05) is 10.6 Å². The van der Waals surface area contributed by atoms with Crippen LogP contribution < -0.4 is 10.1 Å². The summed E-state index contributed by atoms with van der Waals surface area (Å²) in [5, 5.41) is 3.74. The van der Waals surface area contributed by atoms with Crippen molar-refractivity contribution < 1.29 is 9.13 Å². The van der Waals surface area contributed by atoms with Gasteiger partial charge in [-0.25, -0.2) is 4.39 Å². The average molecular weight is 281 g/mol. The summed E-state index contributed by atoms with van der Waals surface area (Å²) in [5.41, 5.74) is 1.56. The van der Waals surface area contributed by atoms with Crippen LogP contribution in [0, 0.1) is 5.82 Å². The number of hydrogen-bond donors (Lipinski definition) is 1. The van der Waals surface area contributed by atoms with E-state index in [0.29, 0.717) is 16.5 Å². The Morgan fingerprint density at radius 3 is 2.68 bits per heavy atom. The Morgan fingerprint density at radius 1 is 1.32 bits per heavy atom. The van der Waals surface area contributed by atoms with Crippen molar-refractivity contribution in [2.24, 2.45) is 0 Å². The van der Waals surface area contributed by atoms with Crippen LogP contribution in [-0.4, -0.2) is 19.1 Å². The minimum Gasteiger partial charge on any atom is -0.496 e. The normalized spacial score (nSPS) is 12.2. The average Bonchev–Trinajstić information content (AvgIpc) is 2.42. The van der Waals surface area contributed by atoms with E-state index >= 15 is 0 Å². The Balaban J connectivity index is 2.47. The molecule has 1 unspecified atom stereocenters. The monoisotopic (exact) mass is 280 g/mol. The van der Waals surface area contributed by atoms with Gasteiger partial charge in [-0.15, -0.1) is 0 Å². The van der Waals surface area contributed by atoms with Gasteiger partial charge >= 0.3 is 0 Å². The van der Waals surface area contributed by atoms with Crippen LogP contribution in [0.25, 0.3) is 0 Å². The summed E-state index contributed by atoms with van der Waals surface area (Å²) < 4.78 is 18.3. The molecule has 0 aliphatic carbocycles. The van der Waals surface area contributed by atoms with Crippen molar-refractivity contribution in [3.05, 3.63) is 58.6 Å². The van der Waals surface area contributed by atoms with Crippen LogP contribution in [0.1, 0.15) is 17.3 Å². The third kappa shape index (κ3) is 3.03. The van der Waals surface area contributed by atoms with Crippen LogP contribution in [0.5, 0.6) is 5.75 Å². The number of hydrogen-bond acceptors (Lipinski definition) is 3. The maximum atomic E-state index is 12.9. The number of pyridine rings is 1. The standard InChI is InChI=1S/C14H14ClFN2O/c1-17-14(12-5-4-10(16)8-18-12)11-7-9(15)3-6-13(11)19-2/h3-8,14,17H,1-2H3. The molecule has 0 bridgehead atoms. The molecule has 1 N–H and O–H groups in total. The van der Waals surface area contributed by atoms with Crippen LogP contribution in [-0.2, 0) is 0 Å². The van der Waals surface area contributed by atoms with Crippen LogP contribution in [0.3, 0.4) is 0 Å². The Bertz CT molecular complexity index is 560. The smallest absolute Gasteiger partial charge is 0.141 e. The van der Waals surface area contributed by atoms with Crippen molar-refractivity contribution >= 4 is 11.6 Å². The Hall–Kier alpha value is -1.65. The van der Waals surface area contributed by atoms with Crippen LogP contribution in [0.2, 0.25) is 5.02 Å². The lowest BCUT2D eigenvalue weighted by molar-refractivity contribution is 0.405. The number of ether oxygens (including phenoxy) is 1. The van der Waals surface area contributed by atoms with Gasteiger partial charge in [0.1, 0.15) is 11.6 Å². The van der Waals surface area contributed by atoms with Gasteiger partial charge in [0.15, 0.2) is 0 Å². The molecule has 5 heteroatoms. The number of methoxy groups -OCH3 is 1. The maximum Gasteiger partial charge on any atom is 0.141 e. The summed E-state index contributed by atoms with van der Waals surface area (Å²) in [6, 6.07) is 8.17. The SMILES string of the molecule is CNC(c1ccc(F)cn1)c1cc(Cl)ccc1OC. The van der Waals surface area contributed by atoms with E-state index in [2.05, 4.69) is 10.3 Å². The van der Waals surface area contributed by atoms with E-state index in [1.165, 1.54) is 12.3 Å². The topological polar surface area (TPSA) is 34.2 Å². The molecule has 0 fully saturated rings. The number of aromatic nitrogens is 1. The summed E-state index contributed by atoms with van der Waals surface area (Å²) in [6.07, 6.45) is 1.19. The molecule has 19 heavy (non-hydrogen) atoms. The molecule has 1 heterocycles. The van der Waals surface area contributed by atoms with Gasteiger partial charge in [0.2, 0.25) is 0 Å². The molecule has 1 aromatic heterocycles. The Morgan fingerprint density at radius 2 is 2.11 bits per heavy atom. The molecule has 1 atom stereocenters. The van der Waals surface area contributed by atoms with E-state index in [1.807, 2.05) is 6.07 Å². The fraction of sp³-hybridized carbons (Fsp3) is 0.214. The number of rotatable bonds is 4. The lowest BCUT2D eigenvalue weighted by atomic mass is 10.0. The zero-order valence-electron chi connectivity index (χ0n) is 10.7. The fourth-order valence-corrected chi connectivity index (χ4v) is 2.13. The minimum atomic E-state index is -0.364. The van der Waals surface area contributed by atoms with Gasteiger partial charge < -0.3 is 10.1 Å². The van der Waals surface area contributed by atoms with Gasteiger partial charge in [-0.2, -0.15) is 0 Å². The second kappa shape index (κ2) is 5.99. The zero-order chi connectivity index (χ0) is 13.8. The number of nitrogens with one attached hydrogen (secondary N) is 1. The molecule has 0 saturated heterocycles. The molecule has 1 aromatic carbocycles. The molecule has 0 amide bonds. The minimum absolute atomic E-state index is 0.214. The van der Waals surface area contributed by atoms with Crippen molar-refractivity contribution in [2.75, 3.05) is 14.2 Å². The molecule has 0 aliphatic rings. The summed E-state index contributed by atoms with van der Waals surface area (Å²) in [5.74, 6) is 0.339. The van der Waals surface area contributed by atoms with E-state index in [9.17, 15) is 4.39 Å². The van der Waals surface area contributed by atoms with Crippen LogP contribution in [0.4, 0.5) is 4.39 Å². The van der Waals surface area contributed by atoms with Gasteiger partial charge in [-0.3, -0.25) is 4.98 Å². The van der Waals surface area contributed by atoms with Gasteiger partial charge in [0.25, 0.3) is 0 Å². The van der Waals surface area contributed by atoms with Crippen LogP contribution >= 0.6 is 11.6 Å². The quantitative estimate of drug-likeness (QED) is 0.934. The van der Waals surface area contributed by atoms with Crippen molar-refractivity contribution in [3.63, 3.8) is 0 Å². The number of nitrogens with zero attached hydrogens (tertiary/aromatic N) is 1. The summed E-state index contributed by atoms with van der Waals surface area (Å²) in [7, 11) is 3.40. The highest BCUT2D eigenvalue weighted by atomic mass is 35.5. The first-order chi connectivity index (χ1) is 9.15. The second-order valence-corrected chi connectivity index (χ2v) is 4.45. The summed E-state index contributed by atoms with van der Waals surface area (Å²) in [6.45, 7) is 0. The maximum absolute atomic E-state index is 12.9. The zero-order valence-corrected chi connectivity index (χ0v) is 11.4. The fourth-order valence-electron chi connectivity index (χ4n) is 1.95. The molecule has 0 saturated carbocycles. The molecule has 2 rings (SSSR count). The third-order valence-corrected chi connectivity index (χ3v) is 3.07. The first-order valence-corrected chi connectivity index (χ1v) is 6.15. The van der Waals surface area contributed by atoms with E-state index in [4.69, 9.17) is 16.3 Å². The van der Waals surface area contributed by atoms with Gasteiger partial charge in [0.05, 0.1) is 25.0 Å². The summed E-state index contributed by atoms with van der Waals surface area (Å²) >= 11 is 6.02. The number of benzene rings is 1. The lowest BCUT2D eigenvalue weighted by Gasteiger charge is -2.19. The molecule has 0 aliphatic heterocycles. The predicted octanol–water partition coefficient (Wildman–Crippen LogP) is 3.19. The predicted molar refractivity (Wildman–Crippen MR) is 73.1 cm³/mol. The molecule has 0 radical (unpaired) electrons. The molecule has 3 nitrogen and oxygen atoms in total. The Kier molecular flexibility index (Phi) is 4.35. The van der Waals surface area contributed by atoms with E-state index in [1.54, 1.807) is 32.4 Å². The highest BCUT2D eigenvalue weighted by molar-refractivity contribution is 6.30. The summed E-state index contributed by atoms with van der Waals surface area (Å²) in [4.78, 5) is 4.09. The van der Waals surface area contributed by atoms with Crippen molar-refractivity contribution in [2.45, 2.75) is 6.04 Å². The van der Waals surface area contributed by atoms with E-state index in [-0.39, 0.29) is 11.9 Å². The molecular formula is C14H14ClFN2O. The lowest BCUT2D eigenvalue weighted by Crippen LogP contribution is -2.19. The first-order valence-electron chi connectivity index (χ1n) is 5.78. The molecule has 2 aromatic rings. The molecular weight excluding hydrogens is 267 g/mol. The number of halogens is 2. The first kappa shape index (κ1) is 13.8. The van der Waals surface area contributed by atoms with E-state index in [0.717, 1.165) is 5.56 Å². The largest absolute Gasteiger partial charge is 0.496 e. The molecule has 100 valence electrons. The van der Waals surface area contributed by atoms with Crippen molar-refractivity contribution in [1.29, 1.82) is 0 Å². The highest BCUT2D eigenvalue weighted by Crippen LogP contribution is 2.31. The Labute approximate surface area is 116 Å². The van der Waals surface area contributed by atoms with Gasteiger partial charge in [-0.1, -0.05) is 11.6 Å². The third-order valence-electron chi connectivity index (χ3n) is 2.84. The second-order valence-electron chi connectivity index (χ2n) is 4.01.